The Morgan fingerprint density at radius 1 is 1.07 bits per heavy atom. The topological polar surface area (TPSA) is 55.2 Å². The van der Waals surface area contributed by atoms with Gasteiger partial charge in [0.05, 0.1) is 19.9 Å². The van der Waals surface area contributed by atoms with Crippen molar-refractivity contribution in [2.24, 2.45) is 9.98 Å². The van der Waals surface area contributed by atoms with Crippen LogP contribution in [0.15, 0.2) is 70.9 Å². The number of rotatable bonds is 8. The third-order valence-electron chi connectivity index (χ3n) is 4.24. The van der Waals surface area contributed by atoms with Gasteiger partial charge in [0.1, 0.15) is 11.6 Å². The van der Waals surface area contributed by atoms with Crippen LogP contribution in [0.3, 0.4) is 0 Å². The molecule has 0 aliphatic rings. The lowest BCUT2D eigenvalue weighted by Crippen LogP contribution is -2.15. The lowest BCUT2D eigenvalue weighted by atomic mass is 10.1. The predicted molar refractivity (Wildman–Crippen MR) is 116 cm³/mol. The molecule has 0 aliphatic carbocycles. The highest BCUT2D eigenvalue weighted by Gasteiger charge is 2.03. The number of methoxy groups -OCH3 is 2. The summed E-state index contributed by atoms with van der Waals surface area (Å²) < 4.78 is 10.5. The highest BCUT2D eigenvalue weighted by atomic mass is 16.5. The van der Waals surface area contributed by atoms with Crippen LogP contribution < -0.4 is 10.1 Å². The fourth-order valence-corrected chi connectivity index (χ4v) is 2.67. The highest BCUT2D eigenvalue weighted by molar-refractivity contribution is 6.04. The summed E-state index contributed by atoms with van der Waals surface area (Å²) in [5.41, 5.74) is 4.35. The molecule has 0 bridgehead atoms. The summed E-state index contributed by atoms with van der Waals surface area (Å²) in [7, 11) is 3.23. The first-order chi connectivity index (χ1) is 13.5. The zero-order valence-electron chi connectivity index (χ0n) is 17.2. The fourth-order valence-electron chi connectivity index (χ4n) is 2.67. The molecule has 0 aliphatic heterocycles. The van der Waals surface area contributed by atoms with Gasteiger partial charge in [-0.15, -0.1) is 0 Å². The second kappa shape index (κ2) is 10.9. The van der Waals surface area contributed by atoms with Crippen LogP contribution >= 0.6 is 0 Å². The van der Waals surface area contributed by atoms with Crippen LogP contribution in [-0.4, -0.2) is 32.5 Å². The van der Waals surface area contributed by atoms with Crippen LogP contribution in [0.4, 0.5) is 0 Å². The smallest absolute Gasteiger partial charge is 0.318 e. The summed E-state index contributed by atoms with van der Waals surface area (Å²) in [4.78, 5) is 8.81. The molecule has 0 amide bonds. The third kappa shape index (κ3) is 6.91. The zero-order chi connectivity index (χ0) is 20.4. The van der Waals surface area contributed by atoms with Gasteiger partial charge in [0.2, 0.25) is 0 Å². The third-order valence-corrected chi connectivity index (χ3v) is 4.24. The van der Waals surface area contributed by atoms with Gasteiger partial charge < -0.3 is 14.8 Å². The van der Waals surface area contributed by atoms with Gasteiger partial charge in [-0.1, -0.05) is 48.5 Å². The average molecular weight is 380 g/mol. The monoisotopic (exact) mass is 379 g/mol. The van der Waals surface area contributed by atoms with E-state index in [1.54, 1.807) is 14.2 Å². The number of hydrogen-bond acceptors (Lipinski definition) is 4. The minimum atomic E-state index is 0.284. The van der Waals surface area contributed by atoms with Crippen molar-refractivity contribution in [2.45, 2.75) is 26.7 Å². The maximum atomic E-state index is 5.29. The van der Waals surface area contributed by atoms with Crippen molar-refractivity contribution in [2.75, 3.05) is 20.8 Å². The molecular weight excluding hydrogens is 350 g/mol. The van der Waals surface area contributed by atoms with E-state index in [2.05, 4.69) is 53.1 Å². The van der Waals surface area contributed by atoms with E-state index in [9.17, 15) is 0 Å². The van der Waals surface area contributed by atoms with Crippen LogP contribution in [0.25, 0.3) is 0 Å². The first kappa shape index (κ1) is 21.2. The second-order valence-electron chi connectivity index (χ2n) is 6.49. The molecule has 0 saturated heterocycles. The normalized spacial score (nSPS) is 11.9. The van der Waals surface area contributed by atoms with Crippen molar-refractivity contribution in [3.8, 4) is 5.75 Å². The number of aliphatic imine (C=N–C) groups is 2. The zero-order valence-corrected chi connectivity index (χ0v) is 17.2. The number of hydrogen-bond donors (Lipinski definition) is 1. The van der Waals surface area contributed by atoms with E-state index in [1.165, 1.54) is 11.1 Å². The Balaban J connectivity index is 1.85. The summed E-state index contributed by atoms with van der Waals surface area (Å²) in [5.74, 6) is 1.41. The standard InChI is InChI=1S/C23H29N3O2/c1-17-8-6-10-21(16-17)18(2)25-23(28-5)26-19(3)24-15-7-9-20-11-13-22(27-4)14-12-20/h6,8,10-14,16,24H,3,7,9,15H2,1-2,4-5H3/b25-18+,26-23+. The Bertz CT molecular complexity index is 839. The maximum absolute atomic E-state index is 5.29. The van der Waals surface area contributed by atoms with Crippen LogP contribution in [0.5, 0.6) is 5.75 Å². The van der Waals surface area contributed by atoms with Gasteiger partial charge in [-0.25, -0.2) is 0 Å². The van der Waals surface area contributed by atoms with Crippen LogP contribution in [0.2, 0.25) is 0 Å². The molecule has 0 radical (unpaired) electrons. The van der Waals surface area contributed by atoms with Crippen LogP contribution in [0.1, 0.15) is 30.0 Å². The Labute approximate surface area is 167 Å². The van der Waals surface area contributed by atoms with Gasteiger partial charge in [-0.2, -0.15) is 9.98 Å². The quantitative estimate of drug-likeness (QED) is 0.417. The molecule has 0 aromatic heterocycles. The summed E-state index contributed by atoms with van der Waals surface area (Å²) in [6.45, 7) is 8.70. The van der Waals surface area contributed by atoms with Crippen molar-refractivity contribution in [3.63, 3.8) is 0 Å². The molecule has 0 heterocycles. The van der Waals surface area contributed by atoms with Crippen LogP contribution in [-0.2, 0) is 11.2 Å². The van der Waals surface area contributed by atoms with Gasteiger partial charge >= 0.3 is 6.02 Å². The minimum Gasteiger partial charge on any atom is -0.497 e. The van der Waals surface area contributed by atoms with E-state index in [-0.39, 0.29) is 6.02 Å². The first-order valence-electron chi connectivity index (χ1n) is 9.32. The van der Waals surface area contributed by atoms with Gasteiger partial charge in [0.15, 0.2) is 0 Å². The molecule has 5 nitrogen and oxygen atoms in total. The first-order valence-corrected chi connectivity index (χ1v) is 9.32. The summed E-state index contributed by atoms with van der Waals surface area (Å²) in [6, 6.07) is 16.6. The highest BCUT2D eigenvalue weighted by Crippen LogP contribution is 2.12. The Morgan fingerprint density at radius 2 is 1.82 bits per heavy atom. The van der Waals surface area contributed by atoms with Crippen molar-refractivity contribution >= 4 is 11.7 Å². The fraction of sp³-hybridized carbons (Fsp3) is 0.304. The molecule has 5 heteroatoms. The van der Waals surface area contributed by atoms with E-state index >= 15 is 0 Å². The van der Waals surface area contributed by atoms with E-state index in [0.29, 0.717) is 5.82 Å². The second-order valence-corrected chi connectivity index (χ2v) is 6.49. The Kier molecular flexibility index (Phi) is 8.28. The van der Waals surface area contributed by atoms with Crippen molar-refractivity contribution in [1.82, 2.24) is 5.32 Å². The molecule has 28 heavy (non-hydrogen) atoms. The number of benzene rings is 2. The molecular formula is C23H29N3O2. The lowest BCUT2D eigenvalue weighted by Gasteiger charge is -2.08. The van der Waals surface area contributed by atoms with Gasteiger partial charge in [0.25, 0.3) is 0 Å². The molecule has 0 atom stereocenters. The van der Waals surface area contributed by atoms with Gasteiger partial charge in [-0.3, -0.25) is 0 Å². The van der Waals surface area contributed by atoms with E-state index < -0.39 is 0 Å². The molecule has 2 aromatic rings. The SMILES string of the molecule is C=C(/N=C(\N=C(/C)c1cccc(C)c1)OC)NCCCc1ccc(OC)cc1. The predicted octanol–water partition coefficient (Wildman–Crippen LogP) is 4.51. The summed E-state index contributed by atoms with van der Waals surface area (Å²) in [6.07, 6.45) is 1.94. The Morgan fingerprint density at radius 3 is 2.46 bits per heavy atom. The molecule has 1 N–H and O–H groups in total. The number of ether oxygens (including phenoxy) is 2. The summed E-state index contributed by atoms with van der Waals surface area (Å²) >= 11 is 0. The maximum Gasteiger partial charge on any atom is 0.318 e. The van der Waals surface area contributed by atoms with E-state index in [0.717, 1.165) is 36.4 Å². The molecule has 2 aromatic carbocycles. The number of nitrogens with zero attached hydrogens (tertiary/aromatic N) is 2. The molecule has 0 fully saturated rings. The van der Waals surface area contributed by atoms with Gasteiger partial charge in [0, 0.05) is 6.54 Å². The summed E-state index contributed by atoms with van der Waals surface area (Å²) in [5, 5.41) is 3.21. The van der Waals surface area contributed by atoms with E-state index in [4.69, 9.17) is 9.47 Å². The van der Waals surface area contributed by atoms with E-state index in [1.807, 2.05) is 31.2 Å². The minimum absolute atomic E-state index is 0.284. The molecule has 0 saturated carbocycles. The van der Waals surface area contributed by atoms with Gasteiger partial charge in [-0.05, 0) is 49.9 Å². The number of aryl methyl sites for hydroxylation is 2. The van der Waals surface area contributed by atoms with Crippen molar-refractivity contribution in [3.05, 3.63) is 77.6 Å². The molecule has 148 valence electrons. The average Bonchev–Trinajstić information content (AvgIpc) is 2.71. The molecule has 0 spiro atoms. The van der Waals surface area contributed by atoms with Crippen LogP contribution in [0, 0.1) is 6.92 Å². The molecule has 2 rings (SSSR count). The lowest BCUT2D eigenvalue weighted by molar-refractivity contribution is 0.396. The number of amidine groups is 1. The van der Waals surface area contributed by atoms with Crippen molar-refractivity contribution in [1.29, 1.82) is 0 Å². The largest absolute Gasteiger partial charge is 0.497 e. The molecule has 0 unspecified atom stereocenters. The Hall–Kier alpha value is -3.08. The van der Waals surface area contributed by atoms with Crippen molar-refractivity contribution < 1.29 is 9.47 Å². The number of nitrogens with one attached hydrogen (secondary N) is 1.